The monoisotopic (exact) mass is 420 g/mol. The van der Waals surface area contributed by atoms with Crippen LogP contribution in [0.15, 0.2) is 77.6 Å². The average Bonchev–Trinajstić information content (AvgIpc) is 3.46. The molecular formula is C22H20N4O3S. The van der Waals surface area contributed by atoms with Crippen LogP contribution in [-0.4, -0.2) is 29.3 Å². The van der Waals surface area contributed by atoms with Gasteiger partial charge < -0.3 is 20.4 Å². The molecule has 0 aliphatic rings. The number of hydrogen-bond acceptors (Lipinski definition) is 6. The number of furan rings is 1. The minimum Gasteiger partial charge on any atom is -0.472 e. The number of carbonyl (C=O) groups is 2. The average molecular weight is 420 g/mol. The number of nitrogens with one attached hydrogen (secondary N) is 3. The molecule has 4 aromatic rings. The highest BCUT2D eigenvalue weighted by molar-refractivity contribution is 7.13. The van der Waals surface area contributed by atoms with Gasteiger partial charge in [-0.1, -0.05) is 42.5 Å². The second-order valence-electron chi connectivity index (χ2n) is 6.57. The number of anilines is 1. The molecule has 1 atom stereocenters. The lowest BCUT2D eigenvalue weighted by atomic mass is 10.1. The number of aromatic nitrogens is 1. The van der Waals surface area contributed by atoms with Crippen LogP contribution in [0.2, 0.25) is 0 Å². The highest BCUT2D eigenvalue weighted by atomic mass is 32.1. The number of amides is 2. The highest BCUT2D eigenvalue weighted by Crippen LogP contribution is 2.25. The molecule has 2 aromatic heterocycles. The molecule has 4 rings (SSSR count). The Morgan fingerprint density at radius 2 is 1.80 bits per heavy atom. The molecule has 3 N–H and O–H groups in total. The maximum Gasteiger partial charge on any atom is 0.255 e. The van der Waals surface area contributed by atoms with Gasteiger partial charge >= 0.3 is 0 Å². The van der Waals surface area contributed by atoms with Gasteiger partial charge in [-0.15, -0.1) is 0 Å². The predicted octanol–water partition coefficient (Wildman–Crippen LogP) is 3.59. The predicted molar refractivity (Wildman–Crippen MR) is 116 cm³/mol. The van der Waals surface area contributed by atoms with E-state index in [1.54, 1.807) is 18.2 Å². The van der Waals surface area contributed by atoms with Gasteiger partial charge in [0.15, 0.2) is 0 Å². The summed E-state index contributed by atoms with van der Waals surface area (Å²) in [6.45, 7) is 0.895. The van der Waals surface area contributed by atoms with E-state index in [0.29, 0.717) is 24.2 Å². The van der Waals surface area contributed by atoms with Crippen LogP contribution in [-0.2, 0) is 4.79 Å². The van der Waals surface area contributed by atoms with E-state index in [1.165, 1.54) is 24.1 Å². The van der Waals surface area contributed by atoms with Crippen LogP contribution >= 0.6 is 11.5 Å². The summed E-state index contributed by atoms with van der Waals surface area (Å²) in [4.78, 5) is 25.3. The molecule has 0 spiro atoms. The zero-order chi connectivity index (χ0) is 20.8. The van der Waals surface area contributed by atoms with Crippen molar-refractivity contribution in [3.05, 3.63) is 84.3 Å². The van der Waals surface area contributed by atoms with E-state index < -0.39 is 6.04 Å². The fraction of sp³-hybridized carbons (Fsp3) is 0.136. The lowest BCUT2D eigenvalue weighted by molar-refractivity contribution is -0.123. The van der Waals surface area contributed by atoms with Crippen molar-refractivity contribution < 1.29 is 14.0 Å². The number of hydrogen-bond donors (Lipinski definition) is 3. The first-order chi connectivity index (χ1) is 14.7. The van der Waals surface area contributed by atoms with Crippen molar-refractivity contribution >= 4 is 39.3 Å². The smallest absolute Gasteiger partial charge is 0.255 e. The zero-order valence-electron chi connectivity index (χ0n) is 16.0. The van der Waals surface area contributed by atoms with Gasteiger partial charge in [0.05, 0.1) is 16.5 Å². The molecule has 2 aromatic carbocycles. The van der Waals surface area contributed by atoms with Crippen LogP contribution in [0.1, 0.15) is 22.0 Å². The van der Waals surface area contributed by atoms with Gasteiger partial charge in [0.25, 0.3) is 5.91 Å². The largest absolute Gasteiger partial charge is 0.472 e. The lowest BCUT2D eigenvalue weighted by Crippen LogP contribution is -2.41. The van der Waals surface area contributed by atoms with E-state index in [1.807, 2.05) is 42.5 Å². The maximum atomic E-state index is 12.8. The number of nitrogens with zero attached hydrogens (tertiary/aromatic N) is 1. The summed E-state index contributed by atoms with van der Waals surface area (Å²) in [5, 5.41) is 9.96. The fourth-order valence-corrected chi connectivity index (χ4v) is 3.79. The van der Waals surface area contributed by atoms with Gasteiger partial charge in [-0.05, 0) is 35.3 Å². The minimum absolute atomic E-state index is 0.289. The second-order valence-corrected chi connectivity index (χ2v) is 7.38. The molecule has 7 nitrogen and oxygen atoms in total. The van der Waals surface area contributed by atoms with Gasteiger partial charge in [-0.2, -0.15) is 4.37 Å². The second kappa shape index (κ2) is 9.23. The van der Waals surface area contributed by atoms with Gasteiger partial charge in [-0.3, -0.25) is 9.59 Å². The summed E-state index contributed by atoms with van der Waals surface area (Å²) in [5.41, 5.74) is 1.06. The molecule has 2 amide bonds. The summed E-state index contributed by atoms with van der Waals surface area (Å²) in [6.07, 6.45) is 2.76. The van der Waals surface area contributed by atoms with Crippen molar-refractivity contribution in [1.29, 1.82) is 0 Å². The van der Waals surface area contributed by atoms with Crippen LogP contribution in [0.4, 0.5) is 5.82 Å². The summed E-state index contributed by atoms with van der Waals surface area (Å²) in [7, 11) is 0. The van der Waals surface area contributed by atoms with Crippen LogP contribution < -0.4 is 16.0 Å². The molecule has 152 valence electrons. The van der Waals surface area contributed by atoms with E-state index in [-0.39, 0.29) is 11.8 Å². The molecule has 0 saturated carbocycles. The van der Waals surface area contributed by atoms with Gasteiger partial charge in [0, 0.05) is 18.5 Å². The topological polar surface area (TPSA) is 96.3 Å². The first-order valence-corrected chi connectivity index (χ1v) is 10.2. The number of benzene rings is 2. The molecule has 0 bridgehead atoms. The van der Waals surface area contributed by atoms with Crippen LogP contribution in [0.25, 0.3) is 10.1 Å². The van der Waals surface area contributed by atoms with E-state index in [4.69, 9.17) is 4.42 Å². The Balaban J connectivity index is 1.37. The Labute approximate surface area is 177 Å². The third-order valence-electron chi connectivity index (χ3n) is 4.55. The van der Waals surface area contributed by atoms with Crippen molar-refractivity contribution in [2.45, 2.75) is 6.04 Å². The lowest BCUT2D eigenvalue weighted by Gasteiger charge is -2.18. The van der Waals surface area contributed by atoms with Crippen molar-refractivity contribution in [3.63, 3.8) is 0 Å². The molecule has 2 heterocycles. The number of fused-ring (bicyclic) bond motifs is 1. The number of carbonyl (C=O) groups excluding carboxylic acids is 2. The summed E-state index contributed by atoms with van der Waals surface area (Å²) < 4.78 is 10.5. The quantitative estimate of drug-likeness (QED) is 0.379. The molecule has 1 unspecified atom stereocenters. The Kier molecular flexibility index (Phi) is 6.05. The highest BCUT2D eigenvalue weighted by Gasteiger charge is 2.23. The third kappa shape index (κ3) is 4.49. The SMILES string of the molecule is O=C(NC(C(=O)NCCNc1nsc2ccccc12)c1ccccc1)c1ccoc1. The van der Waals surface area contributed by atoms with E-state index in [0.717, 1.165) is 15.9 Å². The standard InChI is InChI=1S/C22H20N4O3S/c27-21(16-10-13-29-14-16)25-19(15-6-2-1-3-7-15)22(28)24-12-11-23-20-17-8-4-5-9-18(17)30-26-20/h1-10,13-14,19H,11-12H2,(H,23,26)(H,24,28)(H,25,27). The molecule has 30 heavy (non-hydrogen) atoms. The van der Waals surface area contributed by atoms with Gasteiger partial charge in [0.1, 0.15) is 18.1 Å². The zero-order valence-corrected chi connectivity index (χ0v) is 16.8. The van der Waals surface area contributed by atoms with E-state index in [9.17, 15) is 9.59 Å². The molecule has 0 aliphatic heterocycles. The fourth-order valence-electron chi connectivity index (χ4n) is 3.04. The van der Waals surface area contributed by atoms with Crippen LogP contribution in [0.5, 0.6) is 0 Å². The van der Waals surface area contributed by atoms with Crippen molar-refractivity contribution in [3.8, 4) is 0 Å². The Morgan fingerprint density at radius 3 is 2.60 bits per heavy atom. The number of rotatable bonds is 8. The normalized spacial score (nSPS) is 11.7. The maximum absolute atomic E-state index is 12.8. The van der Waals surface area contributed by atoms with Crippen molar-refractivity contribution in [1.82, 2.24) is 15.0 Å². The first kappa shape index (κ1) is 19.7. The van der Waals surface area contributed by atoms with Crippen LogP contribution in [0, 0.1) is 0 Å². The first-order valence-electron chi connectivity index (χ1n) is 9.46. The van der Waals surface area contributed by atoms with Crippen molar-refractivity contribution in [2.75, 3.05) is 18.4 Å². The molecule has 0 saturated heterocycles. The van der Waals surface area contributed by atoms with E-state index >= 15 is 0 Å². The summed E-state index contributed by atoms with van der Waals surface area (Å²) in [5.74, 6) is 0.139. The Hall–Kier alpha value is -3.65. The van der Waals surface area contributed by atoms with Gasteiger partial charge in [-0.25, -0.2) is 0 Å². The molecular weight excluding hydrogens is 400 g/mol. The van der Waals surface area contributed by atoms with Crippen molar-refractivity contribution in [2.24, 2.45) is 0 Å². The molecule has 8 heteroatoms. The summed E-state index contributed by atoms with van der Waals surface area (Å²) >= 11 is 1.43. The minimum atomic E-state index is -0.811. The molecule has 0 aliphatic carbocycles. The summed E-state index contributed by atoms with van der Waals surface area (Å²) in [6, 6.07) is 17.8. The van der Waals surface area contributed by atoms with Gasteiger partial charge in [0.2, 0.25) is 5.91 Å². The molecule has 0 fully saturated rings. The third-order valence-corrected chi connectivity index (χ3v) is 5.37. The Morgan fingerprint density at radius 1 is 1.00 bits per heavy atom. The van der Waals surface area contributed by atoms with E-state index in [2.05, 4.69) is 20.3 Å². The van der Waals surface area contributed by atoms with Crippen LogP contribution in [0.3, 0.4) is 0 Å². The Bertz CT molecular complexity index is 1130. The molecule has 0 radical (unpaired) electrons.